The zero-order valence-electron chi connectivity index (χ0n) is 18.6. The van der Waals surface area contributed by atoms with Crippen LogP contribution in [0.5, 0.6) is 0 Å². The van der Waals surface area contributed by atoms with Gasteiger partial charge in [-0.25, -0.2) is 9.59 Å². The molecule has 0 aromatic heterocycles. The van der Waals surface area contributed by atoms with Gasteiger partial charge in [-0.1, -0.05) is 74.4 Å². The molecular formula is C25H30N2O5. The van der Waals surface area contributed by atoms with E-state index < -0.39 is 24.1 Å². The minimum Gasteiger partial charge on any atom is -0.467 e. The number of rotatable bonds is 8. The van der Waals surface area contributed by atoms with E-state index in [1.165, 1.54) is 12.0 Å². The summed E-state index contributed by atoms with van der Waals surface area (Å²) in [5, 5.41) is 2.80. The molecule has 1 aliphatic heterocycles. The third kappa shape index (κ3) is 5.87. The highest BCUT2D eigenvalue weighted by Gasteiger charge is 2.37. The first kappa shape index (κ1) is 23.3. The highest BCUT2D eigenvalue weighted by Crippen LogP contribution is 2.25. The number of nitrogens with zero attached hydrogens (tertiary/aromatic N) is 1. The average Bonchev–Trinajstić information content (AvgIpc) is 2.84. The molecule has 2 amide bonds. The normalized spacial score (nSPS) is 15.9. The van der Waals surface area contributed by atoms with Crippen LogP contribution in [0.15, 0.2) is 54.6 Å². The van der Waals surface area contributed by atoms with Crippen LogP contribution in [0, 0.1) is 0 Å². The molecule has 0 fully saturated rings. The van der Waals surface area contributed by atoms with Crippen molar-refractivity contribution in [1.82, 2.24) is 10.2 Å². The van der Waals surface area contributed by atoms with E-state index in [2.05, 4.69) is 5.32 Å². The number of hydrogen-bond donors (Lipinski definition) is 1. The molecule has 0 spiro atoms. The van der Waals surface area contributed by atoms with Gasteiger partial charge in [0.25, 0.3) is 0 Å². The Morgan fingerprint density at radius 3 is 2.44 bits per heavy atom. The minimum absolute atomic E-state index is 0.118. The molecule has 0 saturated heterocycles. The van der Waals surface area contributed by atoms with E-state index in [-0.39, 0.29) is 19.1 Å². The van der Waals surface area contributed by atoms with Crippen molar-refractivity contribution >= 4 is 18.0 Å². The van der Waals surface area contributed by atoms with Crippen LogP contribution in [0.2, 0.25) is 0 Å². The number of carbonyl (C=O) groups is 3. The Balaban J connectivity index is 1.77. The van der Waals surface area contributed by atoms with E-state index in [0.29, 0.717) is 12.8 Å². The molecule has 0 saturated carbocycles. The molecule has 170 valence electrons. The van der Waals surface area contributed by atoms with E-state index in [4.69, 9.17) is 9.47 Å². The van der Waals surface area contributed by atoms with E-state index in [1.807, 2.05) is 61.5 Å². The smallest absolute Gasteiger partial charge is 0.411 e. The zero-order chi connectivity index (χ0) is 22.9. The topological polar surface area (TPSA) is 84.9 Å². The Morgan fingerprint density at radius 2 is 1.75 bits per heavy atom. The number of esters is 1. The van der Waals surface area contributed by atoms with Crippen LogP contribution in [-0.4, -0.2) is 42.1 Å². The number of unbranched alkanes of at least 4 members (excludes halogenated alkanes) is 1. The van der Waals surface area contributed by atoms with Crippen LogP contribution in [0.1, 0.15) is 42.9 Å². The van der Waals surface area contributed by atoms with Gasteiger partial charge < -0.3 is 14.8 Å². The summed E-state index contributed by atoms with van der Waals surface area (Å²) >= 11 is 0. The second-order valence-corrected chi connectivity index (χ2v) is 7.88. The fraction of sp³-hybridized carbons (Fsp3) is 0.400. The summed E-state index contributed by atoms with van der Waals surface area (Å²) in [7, 11) is 1.30. The third-order valence-electron chi connectivity index (χ3n) is 5.64. The van der Waals surface area contributed by atoms with Crippen LogP contribution in [0.3, 0.4) is 0 Å². The number of methoxy groups -OCH3 is 1. The number of hydrogen-bond acceptors (Lipinski definition) is 5. The molecule has 2 atom stereocenters. The summed E-state index contributed by atoms with van der Waals surface area (Å²) in [6, 6.07) is 15.6. The summed E-state index contributed by atoms with van der Waals surface area (Å²) in [5.41, 5.74) is 2.84. The van der Waals surface area contributed by atoms with Gasteiger partial charge in [-0.2, -0.15) is 0 Å². The van der Waals surface area contributed by atoms with Crippen molar-refractivity contribution in [1.29, 1.82) is 0 Å². The fourth-order valence-electron chi connectivity index (χ4n) is 3.82. The molecular weight excluding hydrogens is 408 g/mol. The SMILES string of the molecule is CCCC[C@H](NC(=O)[C@@H]1Cc2ccccc2CN1C(=O)OCc1ccccc1)C(=O)OC. The monoisotopic (exact) mass is 438 g/mol. The molecule has 2 aromatic carbocycles. The van der Waals surface area contributed by atoms with Crippen molar-refractivity contribution in [2.75, 3.05) is 7.11 Å². The van der Waals surface area contributed by atoms with Crippen molar-refractivity contribution in [3.05, 3.63) is 71.3 Å². The highest BCUT2D eigenvalue weighted by molar-refractivity contribution is 5.90. The second kappa shape index (κ2) is 11.3. The van der Waals surface area contributed by atoms with Gasteiger partial charge in [0.05, 0.1) is 13.7 Å². The molecule has 0 unspecified atom stereocenters. The molecule has 0 aliphatic carbocycles. The van der Waals surface area contributed by atoms with Gasteiger partial charge in [0.15, 0.2) is 0 Å². The average molecular weight is 439 g/mol. The number of ether oxygens (including phenoxy) is 2. The van der Waals surface area contributed by atoms with E-state index in [0.717, 1.165) is 29.5 Å². The largest absolute Gasteiger partial charge is 0.467 e. The molecule has 2 aromatic rings. The lowest BCUT2D eigenvalue weighted by Crippen LogP contribution is -2.55. The maximum atomic E-state index is 13.2. The lowest BCUT2D eigenvalue weighted by molar-refractivity contribution is -0.146. The van der Waals surface area contributed by atoms with Crippen LogP contribution in [0.4, 0.5) is 4.79 Å². The van der Waals surface area contributed by atoms with Crippen LogP contribution < -0.4 is 5.32 Å². The van der Waals surface area contributed by atoms with Crippen LogP contribution in [-0.2, 0) is 38.6 Å². The Labute approximate surface area is 188 Å². The first-order valence-corrected chi connectivity index (χ1v) is 11.0. The van der Waals surface area contributed by atoms with Gasteiger partial charge in [0, 0.05) is 6.42 Å². The van der Waals surface area contributed by atoms with Crippen molar-refractivity contribution in [2.24, 2.45) is 0 Å². The van der Waals surface area contributed by atoms with Crippen LogP contribution >= 0.6 is 0 Å². The molecule has 1 N–H and O–H groups in total. The molecule has 3 rings (SSSR count). The third-order valence-corrected chi connectivity index (χ3v) is 5.64. The van der Waals surface area contributed by atoms with E-state index >= 15 is 0 Å². The van der Waals surface area contributed by atoms with E-state index in [1.54, 1.807) is 0 Å². The minimum atomic E-state index is -0.776. The molecule has 32 heavy (non-hydrogen) atoms. The Kier molecular flexibility index (Phi) is 8.25. The highest BCUT2D eigenvalue weighted by atomic mass is 16.6. The quantitative estimate of drug-likeness (QED) is 0.637. The molecule has 0 bridgehead atoms. The molecule has 1 aliphatic rings. The number of carbonyl (C=O) groups excluding carboxylic acids is 3. The number of fused-ring (bicyclic) bond motifs is 1. The Morgan fingerprint density at radius 1 is 1.06 bits per heavy atom. The first-order chi connectivity index (χ1) is 15.5. The van der Waals surface area contributed by atoms with Gasteiger partial charge >= 0.3 is 12.1 Å². The molecule has 1 heterocycles. The predicted octanol–water partition coefficient (Wildman–Crippen LogP) is 3.60. The van der Waals surface area contributed by atoms with Gasteiger partial charge in [0.2, 0.25) is 5.91 Å². The molecule has 7 heteroatoms. The molecule has 7 nitrogen and oxygen atoms in total. The Hall–Kier alpha value is -3.35. The summed E-state index contributed by atoms with van der Waals surface area (Å²) < 4.78 is 10.4. The van der Waals surface area contributed by atoms with Crippen molar-refractivity contribution < 1.29 is 23.9 Å². The first-order valence-electron chi connectivity index (χ1n) is 11.0. The maximum Gasteiger partial charge on any atom is 0.411 e. The van der Waals surface area contributed by atoms with Gasteiger partial charge in [-0.15, -0.1) is 0 Å². The van der Waals surface area contributed by atoms with Gasteiger partial charge in [-0.05, 0) is 23.1 Å². The Bertz CT molecular complexity index is 931. The van der Waals surface area contributed by atoms with Crippen molar-refractivity contribution in [2.45, 2.75) is 57.8 Å². The zero-order valence-corrected chi connectivity index (χ0v) is 18.6. The van der Waals surface area contributed by atoms with Crippen molar-refractivity contribution in [3.63, 3.8) is 0 Å². The summed E-state index contributed by atoms with van der Waals surface area (Å²) in [4.78, 5) is 39.8. The standard InChI is InChI=1S/C25H30N2O5/c1-3-4-14-21(24(29)31-2)26-23(28)22-15-19-12-8-9-13-20(19)16-27(22)25(30)32-17-18-10-6-5-7-11-18/h5-13,21-22H,3-4,14-17H2,1-2H3,(H,26,28)/t21-,22-/m0/s1. The number of amides is 2. The lowest BCUT2D eigenvalue weighted by Gasteiger charge is -2.35. The number of nitrogens with one attached hydrogen (secondary N) is 1. The second-order valence-electron chi connectivity index (χ2n) is 7.88. The number of benzene rings is 2. The van der Waals surface area contributed by atoms with Crippen LogP contribution in [0.25, 0.3) is 0 Å². The summed E-state index contributed by atoms with van der Waals surface area (Å²) in [6.07, 6.45) is 1.93. The lowest BCUT2D eigenvalue weighted by atomic mass is 9.93. The maximum absolute atomic E-state index is 13.2. The summed E-state index contributed by atoms with van der Waals surface area (Å²) in [6.45, 7) is 2.39. The van der Waals surface area contributed by atoms with Gasteiger partial charge in [0.1, 0.15) is 18.7 Å². The molecule has 0 radical (unpaired) electrons. The van der Waals surface area contributed by atoms with E-state index in [9.17, 15) is 14.4 Å². The fourth-order valence-corrected chi connectivity index (χ4v) is 3.82. The predicted molar refractivity (Wildman–Crippen MR) is 120 cm³/mol. The van der Waals surface area contributed by atoms with Gasteiger partial charge in [-0.3, -0.25) is 9.69 Å². The van der Waals surface area contributed by atoms with Crippen molar-refractivity contribution in [3.8, 4) is 0 Å². The summed E-state index contributed by atoms with van der Waals surface area (Å²) in [5.74, 6) is -0.871.